The van der Waals surface area contributed by atoms with E-state index in [4.69, 9.17) is 0 Å². The number of ketones is 2. The summed E-state index contributed by atoms with van der Waals surface area (Å²) in [5.41, 5.74) is 0. The van der Waals surface area contributed by atoms with Crippen LogP contribution < -0.4 is 9.80 Å². The van der Waals surface area contributed by atoms with Gasteiger partial charge in [0.15, 0.2) is 0 Å². The lowest BCUT2D eigenvalue weighted by Crippen LogP contribution is -3.17. The minimum atomic E-state index is 0.208. The zero-order valence-electron chi connectivity index (χ0n) is 14.5. The molecular formula is C18H32N2O2+2. The molecule has 0 bridgehead atoms. The van der Waals surface area contributed by atoms with Gasteiger partial charge in [-0.05, 0) is 26.0 Å². The number of nitrogens with one attached hydrogen (secondary N) is 2. The molecule has 22 heavy (non-hydrogen) atoms. The Kier molecular flexibility index (Phi) is 5.93. The summed E-state index contributed by atoms with van der Waals surface area (Å²) in [5.74, 6) is 1.26. The second kappa shape index (κ2) is 7.51. The van der Waals surface area contributed by atoms with Crippen molar-refractivity contribution in [3.63, 3.8) is 0 Å². The lowest BCUT2D eigenvalue weighted by atomic mass is 9.93. The molecule has 2 N–H and O–H groups in total. The van der Waals surface area contributed by atoms with Crippen LogP contribution in [-0.4, -0.2) is 49.8 Å². The van der Waals surface area contributed by atoms with Crippen molar-refractivity contribution in [1.29, 1.82) is 0 Å². The third kappa shape index (κ3) is 4.26. The highest BCUT2D eigenvalue weighted by molar-refractivity contribution is 5.82. The normalized spacial score (nSPS) is 40.4. The van der Waals surface area contributed by atoms with Gasteiger partial charge in [-0.1, -0.05) is 13.8 Å². The van der Waals surface area contributed by atoms with Crippen LogP contribution in [0.15, 0.2) is 12.2 Å². The lowest BCUT2D eigenvalue weighted by molar-refractivity contribution is -0.924. The van der Waals surface area contributed by atoms with Crippen molar-refractivity contribution < 1.29 is 19.4 Å². The predicted octanol–water partition coefficient (Wildman–Crippen LogP) is -0.693. The number of likely N-dealkylation sites (tertiary alicyclic amines) is 2. The maximum atomic E-state index is 11.7. The van der Waals surface area contributed by atoms with E-state index in [0.29, 0.717) is 23.7 Å². The lowest BCUT2D eigenvalue weighted by Gasteiger charge is -2.33. The second-order valence-electron chi connectivity index (χ2n) is 7.55. The number of quaternary nitrogens is 2. The van der Waals surface area contributed by atoms with E-state index in [1.807, 2.05) is 0 Å². The molecule has 4 nitrogen and oxygen atoms in total. The van der Waals surface area contributed by atoms with Gasteiger partial charge in [0.2, 0.25) is 0 Å². The average molecular weight is 308 g/mol. The topological polar surface area (TPSA) is 43.0 Å². The van der Waals surface area contributed by atoms with Crippen molar-refractivity contribution in [1.82, 2.24) is 0 Å². The van der Waals surface area contributed by atoms with Gasteiger partial charge in [0.25, 0.3) is 0 Å². The summed E-state index contributed by atoms with van der Waals surface area (Å²) in [6.45, 7) is 12.4. The molecule has 0 aromatic rings. The summed E-state index contributed by atoms with van der Waals surface area (Å²) in [5, 5.41) is 0. The van der Waals surface area contributed by atoms with Crippen molar-refractivity contribution in [2.75, 3.05) is 26.2 Å². The van der Waals surface area contributed by atoms with Crippen LogP contribution in [0, 0.1) is 11.8 Å². The molecule has 2 saturated heterocycles. The Morgan fingerprint density at radius 3 is 1.55 bits per heavy atom. The van der Waals surface area contributed by atoms with E-state index in [9.17, 15) is 9.59 Å². The Hall–Kier alpha value is -1.00. The Bertz CT molecular complexity index is 406. The number of rotatable bonds is 4. The van der Waals surface area contributed by atoms with Gasteiger partial charge in [0.1, 0.15) is 11.6 Å². The monoisotopic (exact) mass is 308 g/mol. The molecule has 4 heteroatoms. The molecule has 0 saturated carbocycles. The summed E-state index contributed by atoms with van der Waals surface area (Å²) in [6.07, 6.45) is 5.99. The molecule has 2 aliphatic rings. The standard InChI is InChI=1S/C18H30N2O2/c1-13-11-19(15(3)9-17(13)21)7-5-6-8-20-12-14(2)18(22)10-16(20)4/h5-6,13-16H,7-12H2,1-4H3/p+2. The first kappa shape index (κ1) is 17.4. The molecular weight excluding hydrogens is 276 g/mol. The van der Waals surface area contributed by atoms with Gasteiger partial charge in [-0.25, -0.2) is 0 Å². The quantitative estimate of drug-likeness (QED) is 0.675. The van der Waals surface area contributed by atoms with E-state index in [1.54, 1.807) is 0 Å². The Morgan fingerprint density at radius 2 is 1.18 bits per heavy atom. The van der Waals surface area contributed by atoms with Gasteiger partial charge in [0, 0.05) is 0 Å². The highest BCUT2D eigenvalue weighted by Gasteiger charge is 2.32. The fourth-order valence-electron chi connectivity index (χ4n) is 3.75. The summed E-state index contributed by atoms with van der Waals surface area (Å²) < 4.78 is 0. The summed E-state index contributed by atoms with van der Waals surface area (Å²) in [4.78, 5) is 26.5. The van der Waals surface area contributed by atoms with E-state index < -0.39 is 0 Å². The van der Waals surface area contributed by atoms with Crippen LogP contribution in [0.1, 0.15) is 40.5 Å². The van der Waals surface area contributed by atoms with Crippen LogP contribution in [0.4, 0.5) is 0 Å². The molecule has 0 aromatic carbocycles. The molecule has 0 aromatic heterocycles. The molecule has 0 amide bonds. The maximum Gasteiger partial charge on any atom is 0.147 e. The molecule has 2 heterocycles. The molecule has 2 fully saturated rings. The summed E-state index contributed by atoms with van der Waals surface area (Å²) in [7, 11) is 0. The van der Waals surface area contributed by atoms with E-state index in [-0.39, 0.29) is 11.8 Å². The molecule has 0 radical (unpaired) electrons. The third-order valence-corrected chi connectivity index (χ3v) is 5.57. The smallest absolute Gasteiger partial charge is 0.147 e. The number of carbonyl (C=O) groups excluding carboxylic acids is 2. The largest absolute Gasteiger partial charge is 0.329 e. The molecule has 0 spiro atoms. The van der Waals surface area contributed by atoms with Gasteiger partial charge in [-0.15, -0.1) is 0 Å². The SMILES string of the molecule is CC1C[NH+](CC=CC[NH+]2CC(C)C(=O)CC2C)C(C)CC1=O. The van der Waals surface area contributed by atoms with Gasteiger partial charge in [-0.3, -0.25) is 9.59 Å². The average Bonchev–Trinajstić information content (AvgIpc) is 2.45. The molecule has 0 aliphatic carbocycles. The zero-order valence-corrected chi connectivity index (χ0v) is 14.5. The van der Waals surface area contributed by atoms with E-state index in [1.165, 1.54) is 9.80 Å². The number of hydrogen-bond acceptors (Lipinski definition) is 2. The Labute approximate surface area is 134 Å². The predicted molar refractivity (Wildman–Crippen MR) is 87.0 cm³/mol. The first-order valence-corrected chi connectivity index (χ1v) is 8.78. The van der Waals surface area contributed by atoms with Crippen LogP contribution >= 0.6 is 0 Å². The molecule has 2 aliphatic heterocycles. The summed E-state index contributed by atoms with van der Waals surface area (Å²) >= 11 is 0. The van der Waals surface area contributed by atoms with Crippen LogP contribution in [-0.2, 0) is 9.59 Å². The fourth-order valence-corrected chi connectivity index (χ4v) is 3.75. The van der Waals surface area contributed by atoms with Crippen LogP contribution in [0.5, 0.6) is 0 Å². The highest BCUT2D eigenvalue weighted by atomic mass is 16.1. The Balaban J connectivity index is 1.78. The minimum Gasteiger partial charge on any atom is -0.329 e. The number of hydrogen-bond donors (Lipinski definition) is 2. The molecule has 2 rings (SSSR count). The van der Waals surface area contributed by atoms with Gasteiger partial charge in [0.05, 0.1) is 62.9 Å². The van der Waals surface area contributed by atoms with E-state index in [0.717, 1.165) is 39.0 Å². The van der Waals surface area contributed by atoms with Crippen molar-refractivity contribution >= 4 is 11.6 Å². The summed E-state index contributed by atoms with van der Waals surface area (Å²) in [6, 6.07) is 0.875. The van der Waals surface area contributed by atoms with Crippen molar-refractivity contribution in [3.8, 4) is 0 Å². The van der Waals surface area contributed by atoms with E-state index in [2.05, 4.69) is 39.8 Å². The van der Waals surface area contributed by atoms with Crippen molar-refractivity contribution in [2.24, 2.45) is 11.8 Å². The molecule has 6 unspecified atom stereocenters. The first-order valence-electron chi connectivity index (χ1n) is 8.78. The number of carbonyl (C=O) groups is 2. The minimum absolute atomic E-state index is 0.208. The van der Waals surface area contributed by atoms with Gasteiger partial charge >= 0.3 is 0 Å². The number of Topliss-reactive ketones (excluding diaryl/α,β-unsaturated/α-hetero) is 2. The van der Waals surface area contributed by atoms with Crippen LogP contribution in [0.2, 0.25) is 0 Å². The van der Waals surface area contributed by atoms with Crippen molar-refractivity contribution in [2.45, 2.75) is 52.6 Å². The van der Waals surface area contributed by atoms with Crippen LogP contribution in [0.25, 0.3) is 0 Å². The van der Waals surface area contributed by atoms with Crippen molar-refractivity contribution in [3.05, 3.63) is 12.2 Å². The molecule has 124 valence electrons. The zero-order chi connectivity index (χ0) is 16.3. The maximum absolute atomic E-state index is 11.7. The van der Waals surface area contributed by atoms with Crippen LogP contribution in [0.3, 0.4) is 0 Å². The second-order valence-corrected chi connectivity index (χ2v) is 7.55. The van der Waals surface area contributed by atoms with Gasteiger partial charge < -0.3 is 9.80 Å². The first-order chi connectivity index (χ1) is 10.4. The highest BCUT2D eigenvalue weighted by Crippen LogP contribution is 2.06. The third-order valence-electron chi connectivity index (χ3n) is 5.57. The number of piperidine rings is 2. The Morgan fingerprint density at radius 1 is 0.818 bits per heavy atom. The fraction of sp³-hybridized carbons (Fsp3) is 0.778. The van der Waals surface area contributed by atoms with E-state index >= 15 is 0 Å². The molecule has 6 atom stereocenters. The van der Waals surface area contributed by atoms with Gasteiger partial charge in [-0.2, -0.15) is 0 Å².